The Kier molecular flexibility index (Phi) is 4.12. The summed E-state index contributed by atoms with van der Waals surface area (Å²) in [5.41, 5.74) is 0.262. The number of carboxylic acids is 1. The summed E-state index contributed by atoms with van der Waals surface area (Å²) in [7, 11) is 0. The summed E-state index contributed by atoms with van der Waals surface area (Å²) in [6.45, 7) is 2.55. The van der Waals surface area contributed by atoms with Gasteiger partial charge in [-0.05, 0) is 25.8 Å². The van der Waals surface area contributed by atoms with E-state index in [1.807, 2.05) is 0 Å². The van der Waals surface area contributed by atoms with Gasteiger partial charge in [-0.1, -0.05) is 0 Å². The average Bonchev–Trinajstić information content (AvgIpc) is 2.88. The van der Waals surface area contributed by atoms with Crippen LogP contribution in [0, 0.1) is 6.92 Å². The second kappa shape index (κ2) is 5.60. The maximum Gasteiger partial charge on any atom is 0.339 e. The van der Waals surface area contributed by atoms with Gasteiger partial charge >= 0.3 is 5.97 Å². The van der Waals surface area contributed by atoms with Crippen LogP contribution in [0.25, 0.3) is 0 Å². The number of ether oxygens (including phenoxy) is 1. The van der Waals surface area contributed by atoms with E-state index in [1.54, 1.807) is 24.8 Å². The van der Waals surface area contributed by atoms with Gasteiger partial charge in [-0.15, -0.1) is 0 Å². The number of carbonyl (C=O) groups is 1. The molecule has 4 nitrogen and oxygen atoms in total. The number of furan rings is 1. The molecule has 2 heterocycles. The van der Waals surface area contributed by atoms with Crippen molar-refractivity contribution in [1.29, 1.82) is 0 Å². The highest BCUT2D eigenvalue weighted by atomic mass is 32.2. The summed E-state index contributed by atoms with van der Waals surface area (Å²) in [6.07, 6.45) is 2.63. The van der Waals surface area contributed by atoms with E-state index in [1.165, 1.54) is 0 Å². The Morgan fingerprint density at radius 1 is 1.65 bits per heavy atom. The highest BCUT2D eigenvalue weighted by Crippen LogP contribution is 2.23. The van der Waals surface area contributed by atoms with Gasteiger partial charge in [0.25, 0.3) is 0 Å². The first-order valence-corrected chi connectivity index (χ1v) is 6.84. The number of carboxylic acid groups (broad SMARTS) is 1. The van der Waals surface area contributed by atoms with E-state index in [9.17, 15) is 4.79 Å². The van der Waals surface area contributed by atoms with E-state index in [4.69, 9.17) is 14.3 Å². The molecule has 0 aromatic carbocycles. The first-order valence-electron chi connectivity index (χ1n) is 5.69. The molecule has 1 N–H and O–H groups in total. The van der Waals surface area contributed by atoms with Gasteiger partial charge in [-0.2, -0.15) is 11.8 Å². The monoisotopic (exact) mass is 256 g/mol. The minimum atomic E-state index is -0.929. The molecule has 1 aromatic rings. The van der Waals surface area contributed by atoms with Crippen molar-refractivity contribution in [3.63, 3.8) is 0 Å². The average molecular weight is 256 g/mol. The quantitative estimate of drug-likeness (QED) is 0.877. The van der Waals surface area contributed by atoms with Gasteiger partial charge in [0.15, 0.2) is 0 Å². The molecule has 0 bridgehead atoms. The fourth-order valence-electron chi connectivity index (χ4n) is 1.89. The minimum Gasteiger partial charge on any atom is -0.478 e. The molecule has 1 fully saturated rings. The number of hydrogen-bond acceptors (Lipinski definition) is 4. The van der Waals surface area contributed by atoms with Crippen LogP contribution >= 0.6 is 11.8 Å². The third-order valence-corrected chi connectivity index (χ3v) is 3.87. The first kappa shape index (κ1) is 12.5. The number of rotatable bonds is 5. The van der Waals surface area contributed by atoms with E-state index >= 15 is 0 Å². The van der Waals surface area contributed by atoms with Crippen molar-refractivity contribution in [2.75, 3.05) is 12.4 Å². The van der Waals surface area contributed by atoms with Crippen molar-refractivity contribution in [3.8, 4) is 0 Å². The van der Waals surface area contributed by atoms with Crippen LogP contribution < -0.4 is 0 Å². The maximum absolute atomic E-state index is 10.8. The Morgan fingerprint density at radius 3 is 3.06 bits per heavy atom. The van der Waals surface area contributed by atoms with Crippen LogP contribution in [0.4, 0.5) is 0 Å². The molecule has 1 saturated heterocycles. The van der Waals surface area contributed by atoms with Crippen molar-refractivity contribution in [3.05, 3.63) is 23.2 Å². The standard InChI is InChI=1S/C12H16O4S/c1-8-11(12(13)14)5-10(16-8)7-17-6-9-3-2-4-15-9/h5,9H,2-4,6-7H2,1H3,(H,13,14)/t9-/m1/s1. The van der Waals surface area contributed by atoms with Crippen LogP contribution in [0.2, 0.25) is 0 Å². The predicted molar refractivity (Wildman–Crippen MR) is 65.5 cm³/mol. The summed E-state index contributed by atoms with van der Waals surface area (Å²) < 4.78 is 10.9. The van der Waals surface area contributed by atoms with Gasteiger partial charge < -0.3 is 14.3 Å². The molecule has 0 radical (unpaired) electrons. The molecule has 1 aromatic heterocycles. The van der Waals surface area contributed by atoms with Crippen molar-refractivity contribution in [1.82, 2.24) is 0 Å². The Hall–Kier alpha value is -0.940. The lowest BCUT2D eigenvalue weighted by atomic mass is 10.2. The molecule has 0 unspecified atom stereocenters. The van der Waals surface area contributed by atoms with Crippen molar-refractivity contribution < 1.29 is 19.1 Å². The van der Waals surface area contributed by atoms with E-state index < -0.39 is 5.97 Å². The zero-order valence-corrected chi connectivity index (χ0v) is 10.6. The van der Waals surface area contributed by atoms with Gasteiger partial charge in [-0.25, -0.2) is 4.79 Å². The molecule has 17 heavy (non-hydrogen) atoms. The van der Waals surface area contributed by atoms with Crippen molar-refractivity contribution >= 4 is 17.7 Å². The van der Waals surface area contributed by atoms with Crippen LogP contribution in [0.1, 0.15) is 34.7 Å². The number of thioether (sulfide) groups is 1. The largest absolute Gasteiger partial charge is 0.478 e. The van der Waals surface area contributed by atoms with Crippen LogP contribution in [0.15, 0.2) is 10.5 Å². The molecular formula is C12H16O4S. The normalized spacial score (nSPS) is 19.7. The first-order chi connectivity index (χ1) is 8.16. The van der Waals surface area contributed by atoms with Crippen LogP contribution in [0.3, 0.4) is 0 Å². The summed E-state index contributed by atoms with van der Waals surface area (Å²) in [6, 6.07) is 1.61. The maximum atomic E-state index is 10.8. The SMILES string of the molecule is Cc1oc(CSC[C@H]2CCCO2)cc1C(=O)O. The molecule has 0 aliphatic carbocycles. The van der Waals surface area contributed by atoms with Crippen LogP contribution in [-0.2, 0) is 10.5 Å². The second-order valence-corrected chi connectivity index (χ2v) is 5.17. The molecule has 1 atom stereocenters. The Morgan fingerprint density at radius 2 is 2.47 bits per heavy atom. The zero-order chi connectivity index (χ0) is 12.3. The van der Waals surface area contributed by atoms with Gasteiger partial charge in [0.1, 0.15) is 17.1 Å². The zero-order valence-electron chi connectivity index (χ0n) is 9.77. The predicted octanol–water partition coefficient (Wildman–Crippen LogP) is 2.70. The van der Waals surface area contributed by atoms with Crippen LogP contribution in [0.5, 0.6) is 0 Å². The summed E-state index contributed by atoms with van der Waals surface area (Å²) in [5.74, 6) is 1.92. The lowest BCUT2D eigenvalue weighted by Crippen LogP contribution is -2.07. The Balaban J connectivity index is 1.82. The highest BCUT2D eigenvalue weighted by Gasteiger charge is 2.17. The minimum absolute atomic E-state index is 0.262. The van der Waals surface area contributed by atoms with E-state index in [0.29, 0.717) is 17.6 Å². The van der Waals surface area contributed by atoms with Gasteiger partial charge in [0.05, 0.1) is 11.9 Å². The van der Waals surface area contributed by atoms with Gasteiger partial charge in [-0.3, -0.25) is 0 Å². The molecule has 0 amide bonds. The lowest BCUT2D eigenvalue weighted by Gasteiger charge is -2.07. The smallest absolute Gasteiger partial charge is 0.339 e. The highest BCUT2D eigenvalue weighted by molar-refractivity contribution is 7.98. The van der Waals surface area contributed by atoms with Gasteiger partial charge in [0.2, 0.25) is 0 Å². The molecule has 1 aliphatic rings. The fraction of sp³-hybridized carbons (Fsp3) is 0.583. The van der Waals surface area contributed by atoms with Crippen molar-refractivity contribution in [2.24, 2.45) is 0 Å². The second-order valence-electron chi connectivity index (χ2n) is 4.14. The fourth-order valence-corrected chi connectivity index (χ4v) is 2.88. The molecular weight excluding hydrogens is 240 g/mol. The Bertz CT molecular complexity index is 393. The van der Waals surface area contributed by atoms with Gasteiger partial charge in [0, 0.05) is 12.4 Å². The number of aromatic carboxylic acids is 1. The van der Waals surface area contributed by atoms with Crippen LogP contribution in [-0.4, -0.2) is 29.5 Å². The molecule has 5 heteroatoms. The third-order valence-electron chi connectivity index (χ3n) is 2.77. The molecule has 0 saturated carbocycles. The Labute approximate surface area is 104 Å². The van der Waals surface area contributed by atoms with E-state index in [0.717, 1.165) is 31.0 Å². The summed E-state index contributed by atoms with van der Waals surface area (Å²) in [4.78, 5) is 10.8. The third kappa shape index (κ3) is 3.26. The topological polar surface area (TPSA) is 59.7 Å². The van der Waals surface area contributed by atoms with E-state index in [2.05, 4.69) is 0 Å². The van der Waals surface area contributed by atoms with E-state index in [-0.39, 0.29) is 5.56 Å². The number of aryl methyl sites for hydroxylation is 1. The molecule has 1 aliphatic heterocycles. The molecule has 2 rings (SSSR count). The summed E-state index contributed by atoms with van der Waals surface area (Å²) in [5, 5.41) is 8.89. The lowest BCUT2D eigenvalue weighted by molar-refractivity contribution is 0.0695. The van der Waals surface area contributed by atoms with Crippen molar-refractivity contribution in [2.45, 2.75) is 31.6 Å². The molecule has 0 spiro atoms. The molecule has 94 valence electrons. The summed E-state index contributed by atoms with van der Waals surface area (Å²) >= 11 is 1.73. The number of hydrogen-bond donors (Lipinski definition) is 1.